The van der Waals surface area contributed by atoms with E-state index in [1.165, 1.54) is 12.8 Å². The molecule has 3 aliphatic rings. The first-order chi connectivity index (χ1) is 17.9. The van der Waals surface area contributed by atoms with Crippen molar-refractivity contribution in [2.75, 3.05) is 45.6 Å². The van der Waals surface area contributed by atoms with E-state index in [0.29, 0.717) is 54.5 Å². The predicted octanol–water partition coefficient (Wildman–Crippen LogP) is 2.04. The topological polar surface area (TPSA) is 117 Å². The molecule has 2 aromatic rings. The number of aromatic nitrogens is 2. The summed E-state index contributed by atoms with van der Waals surface area (Å²) in [4.78, 5) is 44.1. The number of anilines is 1. The van der Waals surface area contributed by atoms with Crippen LogP contribution in [-0.4, -0.2) is 94.1 Å². The van der Waals surface area contributed by atoms with Crippen molar-refractivity contribution in [3.05, 3.63) is 40.7 Å². The number of nitrogens with one attached hydrogen (secondary N) is 1. The Labute approximate surface area is 224 Å². The van der Waals surface area contributed by atoms with Crippen molar-refractivity contribution in [3.8, 4) is 5.69 Å². The lowest BCUT2D eigenvalue weighted by Gasteiger charge is -2.42. The highest BCUT2D eigenvalue weighted by molar-refractivity contribution is 6.00. The third kappa shape index (κ3) is 5.01. The molecule has 3 N–H and O–H groups in total. The Morgan fingerprint density at radius 1 is 1.21 bits per heavy atom. The fourth-order valence-corrected chi connectivity index (χ4v) is 5.73. The highest BCUT2D eigenvalue weighted by Crippen LogP contribution is 2.38. The largest absolute Gasteiger partial charge is 0.380 e. The molecule has 1 aromatic heterocycles. The number of nitrogens with zero attached hydrogens (tertiary/aromatic N) is 5. The number of hydrogen-bond acceptors (Lipinski definition) is 6. The number of likely N-dealkylation sites (tertiary alicyclic amines) is 1. The maximum Gasteiger partial charge on any atom is 0.258 e. The predicted molar refractivity (Wildman–Crippen MR) is 146 cm³/mol. The lowest BCUT2D eigenvalue weighted by Crippen LogP contribution is -2.53. The second-order valence-corrected chi connectivity index (χ2v) is 12.0. The van der Waals surface area contributed by atoms with Crippen LogP contribution in [0.3, 0.4) is 0 Å². The van der Waals surface area contributed by atoms with E-state index in [4.69, 9.17) is 10.8 Å². The maximum atomic E-state index is 13.6. The molecule has 2 fully saturated rings. The summed E-state index contributed by atoms with van der Waals surface area (Å²) >= 11 is 0. The zero-order valence-electron chi connectivity index (χ0n) is 23.1. The third-order valence-corrected chi connectivity index (χ3v) is 7.95. The molecule has 0 unspecified atom stereocenters. The summed E-state index contributed by atoms with van der Waals surface area (Å²) in [5, 5.41) is 8.25. The summed E-state index contributed by atoms with van der Waals surface area (Å²) in [6.45, 7) is 8.51. The van der Waals surface area contributed by atoms with E-state index >= 15 is 0 Å². The van der Waals surface area contributed by atoms with Gasteiger partial charge in [-0.15, -0.1) is 0 Å². The van der Waals surface area contributed by atoms with Crippen LogP contribution >= 0.6 is 0 Å². The Hall–Kier alpha value is -3.40. The van der Waals surface area contributed by atoms with Gasteiger partial charge in [0.1, 0.15) is 0 Å². The van der Waals surface area contributed by atoms with E-state index in [-0.39, 0.29) is 23.4 Å². The molecule has 10 nitrogen and oxygen atoms in total. The average molecular weight is 522 g/mol. The van der Waals surface area contributed by atoms with Crippen LogP contribution < -0.4 is 11.1 Å². The van der Waals surface area contributed by atoms with Crippen LogP contribution in [-0.2, 0) is 11.2 Å². The molecule has 0 spiro atoms. The fraction of sp³-hybridized carbons (Fsp3) is 0.571. The Morgan fingerprint density at radius 2 is 1.95 bits per heavy atom. The molecule has 0 radical (unpaired) electrons. The van der Waals surface area contributed by atoms with Gasteiger partial charge in [0.15, 0.2) is 0 Å². The van der Waals surface area contributed by atoms with E-state index in [9.17, 15) is 14.4 Å². The van der Waals surface area contributed by atoms with Crippen molar-refractivity contribution in [3.63, 3.8) is 0 Å². The summed E-state index contributed by atoms with van der Waals surface area (Å²) in [6, 6.07) is 5.42. The van der Waals surface area contributed by atoms with Gasteiger partial charge in [-0.3, -0.25) is 14.4 Å². The van der Waals surface area contributed by atoms with E-state index in [1.807, 2.05) is 52.5 Å². The Balaban J connectivity index is 1.44. The third-order valence-electron chi connectivity index (χ3n) is 7.95. The number of carbonyl (C=O) groups is 3. The van der Waals surface area contributed by atoms with Gasteiger partial charge in [0.25, 0.3) is 11.8 Å². The van der Waals surface area contributed by atoms with Crippen molar-refractivity contribution in [1.29, 1.82) is 0 Å². The van der Waals surface area contributed by atoms with E-state index in [0.717, 1.165) is 24.3 Å². The molecule has 204 valence electrons. The zero-order chi connectivity index (χ0) is 27.4. The summed E-state index contributed by atoms with van der Waals surface area (Å²) in [5.41, 5.74) is 9.44. The molecule has 1 aliphatic carbocycles. The highest BCUT2D eigenvalue weighted by Gasteiger charge is 2.43. The van der Waals surface area contributed by atoms with Crippen molar-refractivity contribution >= 4 is 23.4 Å². The van der Waals surface area contributed by atoms with Crippen LogP contribution in [0.1, 0.15) is 65.2 Å². The molecular weight excluding hydrogens is 482 g/mol. The van der Waals surface area contributed by atoms with Crippen LogP contribution in [0.2, 0.25) is 0 Å². The van der Waals surface area contributed by atoms with Crippen molar-refractivity contribution in [2.45, 2.75) is 58.0 Å². The van der Waals surface area contributed by atoms with Gasteiger partial charge in [-0.05, 0) is 78.2 Å². The number of aryl methyl sites for hydroxylation is 1. The maximum absolute atomic E-state index is 13.6. The van der Waals surface area contributed by atoms with Gasteiger partial charge < -0.3 is 25.8 Å². The molecule has 2 aliphatic heterocycles. The molecule has 10 heteroatoms. The smallest absolute Gasteiger partial charge is 0.258 e. The molecule has 1 saturated heterocycles. The highest BCUT2D eigenvalue weighted by atomic mass is 16.2. The normalized spacial score (nSPS) is 20.7. The summed E-state index contributed by atoms with van der Waals surface area (Å²) in [5.74, 6) is 0.218. The minimum absolute atomic E-state index is 0.000715. The summed E-state index contributed by atoms with van der Waals surface area (Å²) < 4.78 is 1.84. The number of carbonyl (C=O) groups excluding carboxylic acids is 3. The average Bonchev–Trinajstić information content (AvgIpc) is 3.43. The van der Waals surface area contributed by atoms with E-state index in [1.54, 1.807) is 6.07 Å². The molecular formula is C28H39N7O3. The van der Waals surface area contributed by atoms with Gasteiger partial charge in [0.2, 0.25) is 5.91 Å². The monoisotopic (exact) mass is 521 g/mol. The van der Waals surface area contributed by atoms with Gasteiger partial charge in [-0.1, -0.05) is 0 Å². The van der Waals surface area contributed by atoms with Gasteiger partial charge in [-0.2, -0.15) is 5.10 Å². The quantitative estimate of drug-likeness (QED) is 0.549. The molecule has 1 saturated carbocycles. The van der Waals surface area contributed by atoms with Crippen molar-refractivity contribution < 1.29 is 14.4 Å². The summed E-state index contributed by atoms with van der Waals surface area (Å²) in [6.07, 6.45) is 3.84. The van der Waals surface area contributed by atoms with Crippen LogP contribution in [0.4, 0.5) is 5.69 Å². The summed E-state index contributed by atoms with van der Waals surface area (Å²) in [7, 11) is 3.76. The van der Waals surface area contributed by atoms with Crippen molar-refractivity contribution in [1.82, 2.24) is 24.5 Å². The number of primary amides is 1. The van der Waals surface area contributed by atoms with Crippen LogP contribution in [0.25, 0.3) is 5.69 Å². The van der Waals surface area contributed by atoms with Crippen LogP contribution in [0, 0.1) is 12.8 Å². The molecule has 3 heterocycles. The number of rotatable bonds is 8. The minimum atomic E-state index is -0.525. The lowest BCUT2D eigenvalue weighted by molar-refractivity contribution is -0.130. The first-order valence-corrected chi connectivity index (χ1v) is 13.5. The second-order valence-electron chi connectivity index (χ2n) is 12.0. The second kappa shape index (κ2) is 9.72. The standard InChI is InChI=1S/C28H39N7O3/c1-17-25-23(13-28(2,3)34(27(25)38)14-18-6-7-18)35(31-17)20-8-9-21(26(29)37)22(12-20)30-19-10-11-33(15-19)24(36)16-32(4)5/h8-9,12,18-19,30H,6-7,10-11,13-16H2,1-5H3,(H2,29,37)/t19-/m0/s1. The molecule has 5 rings (SSSR count). The molecule has 38 heavy (non-hydrogen) atoms. The number of likely N-dealkylation sites (N-methyl/N-ethyl adjacent to an activating group) is 1. The fourth-order valence-electron chi connectivity index (χ4n) is 5.73. The van der Waals surface area contributed by atoms with E-state index < -0.39 is 5.91 Å². The first-order valence-electron chi connectivity index (χ1n) is 13.5. The van der Waals surface area contributed by atoms with Gasteiger partial charge in [0, 0.05) is 43.3 Å². The SMILES string of the molecule is Cc1nn(-c2ccc(C(N)=O)c(N[C@H]3CCN(C(=O)CN(C)C)C3)c2)c2c1C(=O)N(CC1CC1)C(C)(C)C2. The molecule has 1 aromatic carbocycles. The van der Waals surface area contributed by atoms with Crippen LogP contribution in [0.5, 0.6) is 0 Å². The number of amides is 3. The Bertz CT molecular complexity index is 1280. The van der Waals surface area contributed by atoms with Crippen LogP contribution in [0.15, 0.2) is 18.2 Å². The Morgan fingerprint density at radius 3 is 2.61 bits per heavy atom. The van der Waals surface area contributed by atoms with Gasteiger partial charge in [-0.25, -0.2) is 4.68 Å². The molecule has 3 amide bonds. The van der Waals surface area contributed by atoms with Crippen molar-refractivity contribution in [2.24, 2.45) is 11.7 Å². The van der Waals surface area contributed by atoms with E-state index in [2.05, 4.69) is 19.2 Å². The first kappa shape index (κ1) is 26.2. The minimum Gasteiger partial charge on any atom is -0.380 e. The molecule has 1 atom stereocenters. The molecule has 0 bridgehead atoms. The number of hydrogen-bond donors (Lipinski definition) is 2. The Kier molecular flexibility index (Phi) is 6.71. The van der Waals surface area contributed by atoms with Gasteiger partial charge in [0.05, 0.1) is 34.7 Å². The lowest BCUT2D eigenvalue weighted by atomic mass is 9.87. The number of nitrogens with two attached hydrogens (primary N) is 1. The zero-order valence-corrected chi connectivity index (χ0v) is 23.1. The number of fused-ring (bicyclic) bond motifs is 1. The van der Waals surface area contributed by atoms with Gasteiger partial charge >= 0.3 is 0 Å². The number of benzene rings is 1.